The molecule has 0 aliphatic carbocycles. The van der Waals surface area contributed by atoms with Gasteiger partial charge in [0.1, 0.15) is 0 Å². The Labute approximate surface area is 205 Å². The molecule has 2 saturated heterocycles. The minimum absolute atomic E-state index is 0.0425. The zero-order valence-corrected chi connectivity index (χ0v) is 20.3. The molecule has 0 bridgehead atoms. The van der Waals surface area contributed by atoms with Crippen LogP contribution in [-0.2, 0) is 9.53 Å². The van der Waals surface area contributed by atoms with Gasteiger partial charge in [0.2, 0.25) is 11.9 Å². The molecule has 7 nitrogen and oxygen atoms in total. The fourth-order valence-electron chi connectivity index (χ4n) is 5.30. The first kappa shape index (κ1) is 22.0. The van der Waals surface area contributed by atoms with Gasteiger partial charge in [-0.05, 0) is 80.6 Å². The van der Waals surface area contributed by atoms with Gasteiger partial charge in [0.25, 0.3) is 0 Å². The summed E-state index contributed by atoms with van der Waals surface area (Å²) in [4.78, 5) is 24.7. The van der Waals surface area contributed by atoms with Gasteiger partial charge in [-0.3, -0.25) is 14.3 Å². The number of anilines is 1. The molecule has 35 heavy (non-hydrogen) atoms. The number of fused-ring (bicyclic) bond motifs is 2. The van der Waals surface area contributed by atoms with E-state index >= 15 is 0 Å². The van der Waals surface area contributed by atoms with Crippen LogP contribution in [0.5, 0.6) is 0 Å². The fraction of sp³-hybridized carbons (Fsp3) is 0.393. The van der Waals surface area contributed by atoms with Gasteiger partial charge in [-0.1, -0.05) is 6.07 Å². The third-order valence-electron chi connectivity index (χ3n) is 7.52. The smallest absolute Gasteiger partial charge is 0.223 e. The number of benzene rings is 2. The Morgan fingerprint density at radius 2 is 1.86 bits per heavy atom. The van der Waals surface area contributed by atoms with Crippen molar-refractivity contribution in [3.05, 3.63) is 59.8 Å². The number of aromatic nitrogens is 3. The van der Waals surface area contributed by atoms with Crippen LogP contribution in [0.3, 0.4) is 0 Å². The normalized spacial score (nSPS) is 19.0. The summed E-state index contributed by atoms with van der Waals surface area (Å²) in [5.74, 6) is 1.15. The minimum atomic E-state index is 0.0425. The second-order valence-electron chi connectivity index (χ2n) is 9.88. The highest BCUT2D eigenvalue weighted by Crippen LogP contribution is 2.32. The molecule has 1 N–H and O–H groups in total. The molecule has 1 atom stereocenters. The Hall–Kier alpha value is -3.45. The van der Waals surface area contributed by atoms with Gasteiger partial charge in [0.05, 0.1) is 29.2 Å². The molecule has 6 rings (SSSR count). The van der Waals surface area contributed by atoms with Gasteiger partial charge in [0, 0.05) is 42.9 Å². The van der Waals surface area contributed by atoms with E-state index in [0.29, 0.717) is 6.61 Å². The van der Waals surface area contributed by atoms with Crippen molar-refractivity contribution >= 4 is 33.8 Å². The summed E-state index contributed by atoms with van der Waals surface area (Å²) in [7, 11) is 0. The number of imidazole rings is 1. The van der Waals surface area contributed by atoms with Gasteiger partial charge in [-0.15, -0.1) is 0 Å². The van der Waals surface area contributed by atoms with Crippen molar-refractivity contribution in [3.63, 3.8) is 0 Å². The topological polar surface area (TPSA) is 72.3 Å². The first-order chi connectivity index (χ1) is 17.1. The predicted molar refractivity (Wildman–Crippen MR) is 138 cm³/mol. The van der Waals surface area contributed by atoms with Crippen LogP contribution in [-0.4, -0.2) is 52.8 Å². The monoisotopic (exact) mass is 469 g/mol. The number of nitrogens with zero attached hydrogens (tertiary/aromatic N) is 4. The Bertz CT molecular complexity index is 1400. The van der Waals surface area contributed by atoms with E-state index in [4.69, 9.17) is 9.72 Å². The summed E-state index contributed by atoms with van der Waals surface area (Å²) in [6, 6.07) is 15.0. The molecule has 0 spiro atoms. The van der Waals surface area contributed by atoms with Crippen LogP contribution in [0.4, 0.5) is 5.95 Å². The lowest BCUT2D eigenvalue weighted by Crippen LogP contribution is -2.44. The summed E-state index contributed by atoms with van der Waals surface area (Å²) in [6.07, 6.45) is 4.38. The van der Waals surface area contributed by atoms with Crippen molar-refractivity contribution in [2.24, 2.45) is 5.92 Å². The quantitative estimate of drug-likeness (QED) is 0.482. The zero-order chi connectivity index (χ0) is 23.9. The molecular formula is C28H31N5O2. The van der Waals surface area contributed by atoms with Crippen LogP contribution in [0.1, 0.15) is 30.4 Å². The molecule has 2 aliphatic rings. The average Bonchev–Trinajstić information content (AvgIpc) is 3.52. The van der Waals surface area contributed by atoms with Gasteiger partial charge >= 0.3 is 0 Å². The second kappa shape index (κ2) is 8.96. The molecule has 4 heterocycles. The molecule has 2 aromatic heterocycles. The predicted octanol–water partition coefficient (Wildman–Crippen LogP) is 4.31. The highest BCUT2D eigenvalue weighted by atomic mass is 16.5. The third kappa shape index (κ3) is 4.14. The second-order valence-corrected chi connectivity index (χ2v) is 9.88. The first-order valence-corrected chi connectivity index (χ1v) is 12.5. The SMILES string of the molecule is Cc1cc2nc(N3CCC(C(=O)NC4CCOC4)CC3)n(-c3ccc4ncccc4c3)c2cc1C. The zero-order valence-electron chi connectivity index (χ0n) is 20.3. The van der Waals surface area contributed by atoms with E-state index < -0.39 is 0 Å². The average molecular weight is 470 g/mol. The van der Waals surface area contributed by atoms with Gasteiger partial charge in [-0.2, -0.15) is 0 Å². The van der Waals surface area contributed by atoms with Crippen molar-refractivity contribution in [2.45, 2.75) is 39.2 Å². The summed E-state index contributed by atoms with van der Waals surface area (Å²) in [5.41, 5.74) is 6.64. The number of rotatable bonds is 4. The summed E-state index contributed by atoms with van der Waals surface area (Å²) in [6.45, 7) is 7.26. The maximum Gasteiger partial charge on any atom is 0.223 e. The Morgan fingerprint density at radius 1 is 1.03 bits per heavy atom. The number of pyridine rings is 1. The highest BCUT2D eigenvalue weighted by Gasteiger charge is 2.30. The summed E-state index contributed by atoms with van der Waals surface area (Å²) < 4.78 is 7.68. The van der Waals surface area contributed by atoms with Crippen LogP contribution in [0.2, 0.25) is 0 Å². The molecule has 2 fully saturated rings. The number of hydrogen-bond acceptors (Lipinski definition) is 5. The molecule has 180 valence electrons. The van der Waals surface area contributed by atoms with E-state index in [0.717, 1.165) is 72.5 Å². The van der Waals surface area contributed by atoms with Crippen LogP contribution in [0.15, 0.2) is 48.7 Å². The van der Waals surface area contributed by atoms with Crippen LogP contribution < -0.4 is 10.2 Å². The van der Waals surface area contributed by atoms with E-state index in [-0.39, 0.29) is 17.9 Å². The van der Waals surface area contributed by atoms with Crippen molar-refractivity contribution in [1.29, 1.82) is 0 Å². The van der Waals surface area contributed by atoms with Gasteiger partial charge < -0.3 is 15.0 Å². The lowest BCUT2D eigenvalue weighted by molar-refractivity contribution is -0.126. The first-order valence-electron chi connectivity index (χ1n) is 12.5. The van der Waals surface area contributed by atoms with Gasteiger partial charge in [0.15, 0.2) is 0 Å². The summed E-state index contributed by atoms with van der Waals surface area (Å²) >= 11 is 0. The molecular weight excluding hydrogens is 438 g/mol. The largest absolute Gasteiger partial charge is 0.379 e. The number of amides is 1. The number of carbonyl (C=O) groups is 1. The fourth-order valence-corrected chi connectivity index (χ4v) is 5.30. The van der Waals surface area contributed by atoms with E-state index in [9.17, 15) is 4.79 Å². The number of nitrogens with one attached hydrogen (secondary N) is 1. The standard InChI is InChI=1S/C28H31N5O2/c1-18-14-25-26(15-19(18)2)33(23-5-6-24-21(16-23)4-3-10-29-24)28(31-25)32-11-7-20(8-12-32)27(34)30-22-9-13-35-17-22/h3-6,10,14-16,20,22H,7-9,11-13,17H2,1-2H3,(H,30,34). The van der Waals surface area contributed by atoms with Crippen LogP contribution in [0.25, 0.3) is 27.6 Å². The number of aryl methyl sites for hydroxylation is 2. The van der Waals surface area contributed by atoms with Crippen LogP contribution >= 0.6 is 0 Å². The third-order valence-corrected chi connectivity index (χ3v) is 7.52. The molecule has 0 radical (unpaired) electrons. The lowest BCUT2D eigenvalue weighted by Gasteiger charge is -2.32. The Morgan fingerprint density at radius 3 is 2.66 bits per heavy atom. The number of piperidine rings is 1. The summed E-state index contributed by atoms with van der Waals surface area (Å²) in [5, 5.41) is 4.29. The van der Waals surface area contributed by atoms with E-state index in [1.807, 2.05) is 12.3 Å². The van der Waals surface area contributed by atoms with E-state index in [2.05, 4.69) is 70.0 Å². The molecule has 7 heteroatoms. The van der Waals surface area contributed by atoms with Crippen molar-refractivity contribution in [2.75, 3.05) is 31.2 Å². The molecule has 2 aromatic carbocycles. The molecule has 1 amide bonds. The van der Waals surface area contributed by atoms with Crippen molar-refractivity contribution in [3.8, 4) is 5.69 Å². The number of hydrogen-bond donors (Lipinski definition) is 1. The van der Waals surface area contributed by atoms with E-state index in [1.165, 1.54) is 11.1 Å². The Balaban J connectivity index is 1.33. The van der Waals surface area contributed by atoms with E-state index in [1.54, 1.807) is 0 Å². The number of ether oxygens (including phenoxy) is 1. The minimum Gasteiger partial charge on any atom is -0.379 e. The number of carbonyl (C=O) groups excluding carboxylic acids is 1. The Kier molecular flexibility index (Phi) is 5.65. The van der Waals surface area contributed by atoms with Crippen molar-refractivity contribution in [1.82, 2.24) is 19.9 Å². The molecule has 1 unspecified atom stereocenters. The molecule has 0 saturated carbocycles. The van der Waals surface area contributed by atoms with Crippen LogP contribution in [0, 0.1) is 19.8 Å². The molecule has 4 aromatic rings. The highest BCUT2D eigenvalue weighted by molar-refractivity contribution is 5.86. The molecule has 2 aliphatic heterocycles. The maximum absolute atomic E-state index is 12.8. The maximum atomic E-state index is 12.8. The van der Waals surface area contributed by atoms with Crippen molar-refractivity contribution < 1.29 is 9.53 Å². The van der Waals surface area contributed by atoms with Gasteiger partial charge in [-0.25, -0.2) is 4.98 Å². The lowest BCUT2D eigenvalue weighted by atomic mass is 9.95.